The number of pyridine rings is 1. The standard InChI is InChI=1S/C17H18N4O/c18-16-6-5-11(8-20-16)17(22)21-10-12-7-19-9-14(12)13-3-1-2-4-15(13)21/h1-6,8,12,14,19H,7,9-10H2,(H2,18,20)/t12-,14+/m1/s1. The molecule has 0 bridgehead atoms. The van der Waals surface area contributed by atoms with Crippen molar-refractivity contribution in [1.82, 2.24) is 10.3 Å². The van der Waals surface area contributed by atoms with Crippen molar-refractivity contribution in [3.8, 4) is 0 Å². The van der Waals surface area contributed by atoms with E-state index in [-0.39, 0.29) is 5.91 Å². The minimum Gasteiger partial charge on any atom is -0.384 e. The molecule has 112 valence electrons. The van der Waals surface area contributed by atoms with E-state index in [4.69, 9.17) is 5.73 Å². The molecule has 1 aromatic heterocycles. The molecule has 2 atom stereocenters. The van der Waals surface area contributed by atoms with Crippen molar-refractivity contribution in [1.29, 1.82) is 0 Å². The number of hydrogen-bond acceptors (Lipinski definition) is 4. The first-order chi connectivity index (χ1) is 10.7. The molecule has 3 heterocycles. The van der Waals surface area contributed by atoms with E-state index in [0.29, 0.717) is 23.2 Å². The fourth-order valence-corrected chi connectivity index (χ4v) is 3.55. The molecule has 0 radical (unpaired) electrons. The third-order valence-corrected chi connectivity index (χ3v) is 4.66. The number of rotatable bonds is 1. The van der Waals surface area contributed by atoms with Crippen molar-refractivity contribution >= 4 is 17.4 Å². The largest absolute Gasteiger partial charge is 0.384 e. The van der Waals surface area contributed by atoms with Crippen molar-refractivity contribution in [3.05, 3.63) is 53.7 Å². The van der Waals surface area contributed by atoms with Crippen LogP contribution >= 0.6 is 0 Å². The first-order valence-electron chi connectivity index (χ1n) is 7.57. The fourth-order valence-electron chi connectivity index (χ4n) is 3.55. The highest BCUT2D eigenvalue weighted by Gasteiger charge is 2.38. The number of anilines is 2. The van der Waals surface area contributed by atoms with Gasteiger partial charge < -0.3 is 16.0 Å². The summed E-state index contributed by atoms with van der Waals surface area (Å²) in [5.74, 6) is 1.39. The Labute approximate surface area is 129 Å². The molecule has 1 saturated heterocycles. The molecule has 2 aliphatic rings. The van der Waals surface area contributed by atoms with Crippen molar-refractivity contribution in [2.24, 2.45) is 5.92 Å². The zero-order chi connectivity index (χ0) is 15.1. The summed E-state index contributed by atoms with van der Waals surface area (Å²) in [5.41, 5.74) is 8.47. The van der Waals surface area contributed by atoms with Gasteiger partial charge in [-0.15, -0.1) is 0 Å². The number of nitrogens with zero attached hydrogens (tertiary/aromatic N) is 2. The van der Waals surface area contributed by atoms with E-state index in [1.54, 1.807) is 18.3 Å². The van der Waals surface area contributed by atoms with Crippen LogP contribution < -0.4 is 16.0 Å². The Hall–Kier alpha value is -2.40. The summed E-state index contributed by atoms with van der Waals surface area (Å²) in [5, 5.41) is 3.45. The Bertz CT molecular complexity index is 713. The average molecular weight is 294 g/mol. The Kier molecular flexibility index (Phi) is 3.08. The number of carbonyl (C=O) groups is 1. The molecule has 5 heteroatoms. The van der Waals surface area contributed by atoms with E-state index in [1.165, 1.54) is 5.56 Å². The third-order valence-electron chi connectivity index (χ3n) is 4.66. The zero-order valence-electron chi connectivity index (χ0n) is 12.2. The van der Waals surface area contributed by atoms with Gasteiger partial charge in [-0.1, -0.05) is 18.2 Å². The van der Waals surface area contributed by atoms with Crippen molar-refractivity contribution in [2.45, 2.75) is 5.92 Å². The third kappa shape index (κ3) is 2.05. The summed E-state index contributed by atoms with van der Waals surface area (Å²) in [6, 6.07) is 11.6. The Balaban J connectivity index is 1.74. The smallest absolute Gasteiger partial charge is 0.259 e. The van der Waals surface area contributed by atoms with Gasteiger partial charge in [-0.25, -0.2) is 4.98 Å². The molecule has 0 unspecified atom stereocenters. The molecule has 3 N–H and O–H groups in total. The normalized spacial score (nSPS) is 23.0. The molecule has 2 aliphatic heterocycles. The van der Waals surface area contributed by atoms with Gasteiger partial charge in [0.1, 0.15) is 5.82 Å². The van der Waals surface area contributed by atoms with Crippen LogP contribution in [0, 0.1) is 5.92 Å². The van der Waals surface area contributed by atoms with E-state index in [1.807, 2.05) is 23.1 Å². The topological polar surface area (TPSA) is 71.2 Å². The van der Waals surface area contributed by atoms with Gasteiger partial charge in [0.05, 0.1) is 5.56 Å². The number of carbonyl (C=O) groups excluding carboxylic acids is 1. The predicted molar refractivity (Wildman–Crippen MR) is 85.9 cm³/mol. The minimum atomic E-state index is -0.00898. The summed E-state index contributed by atoms with van der Waals surface area (Å²) >= 11 is 0. The molecule has 0 aliphatic carbocycles. The number of nitrogen functional groups attached to an aromatic ring is 1. The van der Waals surface area contributed by atoms with Gasteiger partial charge in [0.2, 0.25) is 0 Å². The van der Waals surface area contributed by atoms with Crippen molar-refractivity contribution in [3.63, 3.8) is 0 Å². The summed E-state index contributed by atoms with van der Waals surface area (Å²) in [6.07, 6.45) is 1.55. The quantitative estimate of drug-likeness (QED) is 0.838. The first kappa shape index (κ1) is 13.3. The Morgan fingerprint density at radius 1 is 1.23 bits per heavy atom. The van der Waals surface area contributed by atoms with E-state index >= 15 is 0 Å². The number of nitrogens with two attached hydrogens (primary N) is 1. The van der Waals surface area contributed by atoms with Gasteiger partial charge in [-0.05, 0) is 29.7 Å². The van der Waals surface area contributed by atoms with Gasteiger partial charge in [-0.3, -0.25) is 4.79 Å². The van der Waals surface area contributed by atoms with Crippen LogP contribution in [0.1, 0.15) is 21.8 Å². The van der Waals surface area contributed by atoms with E-state index in [2.05, 4.69) is 16.4 Å². The monoisotopic (exact) mass is 294 g/mol. The summed E-state index contributed by atoms with van der Waals surface area (Å²) < 4.78 is 0. The second-order valence-electron chi connectivity index (χ2n) is 5.97. The van der Waals surface area contributed by atoms with E-state index in [9.17, 15) is 4.79 Å². The number of para-hydroxylation sites is 1. The van der Waals surface area contributed by atoms with Crippen LogP contribution in [0.3, 0.4) is 0 Å². The molecule has 1 aromatic carbocycles. The first-order valence-corrected chi connectivity index (χ1v) is 7.57. The fraction of sp³-hybridized carbons (Fsp3) is 0.294. The number of amides is 1. The number of aromatic nitrogens is 1. The van der Waals surface area contributed by atoms with Gasteiger partial charge in [0.15, 0.2) is 0 Å². The SMILES string of the molecule is Nc1ccc(C(=O)N2C[C@H]3CNC[C@@H]3c3ccccc32)cn1. The number of benzene rings is 1. The van der Waals surface area contributed by atoms with Gasteiger partial charge in [-0.2, -0.15) is 0 Å². The van der Waals surface area contributed by atoms with Gasteiger partial charge in [0.25, 0.3) is 5.91 Å². The molecule has 0 spiro atoms. The summed E-state index contributed by atoms with van der Waals surface area (Å²) in [7, 11) is 0. The van der Waals surface area contributed by atoms with E-state index < -0.39 is 0 Å². The summed E-state index contributed by atoms with van der Waals surface area (Å²) in [4.78, 5) is 18.8. The predicted octanol–water partition coefficient (Wildman–Crippen LogP) is 1.63. The molecule has 0 saturated carbocycles. The maximum absolute atomic E-state index is 12.9. The van der Waals surface area contributed by atoms with E-state index in [0.717, 1.165) is 25.3 Å². The van der Waals surface area contributed by atoms with Crippen LogP contribution in [-0.2, 0) is 0 Å². The highest BCUT2D eigenvalue weighted by atomic mass is 16.2. The second-order valence-corrected chi connectivity index (χ2v) is 5.97. The van der Waals surface area contributed by atoms with Gasteiger partial charge >= 0.3 is 0 Å². The average Bonchev–Trinajstić information content (AvgIpc) is 3.03. The number of hydrogen-bond donors (Lipinski definition) is 2. The number of nitrogens with one attached hydrogen (secondary N) is 1. The van der Waals surface area contributed by atoms with Crippen LogP contribution in [0.15, 0.2) is 42.6 Å². The molecular weight excluding hydrogens is 276 g/mol. The lowest BCUT2D eigenvalue weighted by atomic mass is 9.83. The van der Waals surface area contributed by atoms with Crippen LogP contribution in [0.25, 0.3) is 0 Å². The highest BCUT2D eigenvalue weighted by Crippen LogP contribution is 2.40. The molecule has 2 aromatic rings. The lowest BCUT2D eigenvalue weighted by molar-refractivity contribution is 0.0980. The molecule has 1 amide bonds. The van der Waals surface area contributed by atoms with Crippen molar-refractivity contribution in [2.75, 3.05) is 30.3 Å². The Morgan fingerprint density at radius 2 is 2.09 bits per heavy atom. The van der Waals surface area contributed by atoms with Crippen LogP contribution in [0.4, 0.5) is 11.5 Å². The van der Waals surface area contributed by atoms with Crippen LogP contribution in [-0.4, -0.2) is 30.5 Å². The second kappa shape index (κ2) is 5.10. The zero-order valence-corrected chi connectivity index (χ0v) is 12.2. The molecule has 4 rings (SSSR count). The highest BCUT2D eigenvalue weighted by molar-refractivity contribution is 6.06. The van der Waals surface area contributed by atoms with Crippen molar-refractivity contribution < 1.29 is 4.79 Å². The van der Waals surface area contributed by atoms with Gasteiger partial charge in [0, 0.05) is 37.4 Å². The van der Waals surface area contributed by atoms with Crippen LogP contribution in [0.5, 0.6) is 0 Å². The van der Waals surface area contributed by atoms with Crippen LogP contribution in [0.2, 0.25) is 0 Å². The maximum atomic E-state index is 12.9. The lowest BCUT2D eigenvalue weighted by Crippen LogP contribution is -2.41. The number of fused-ring (bicyclic) bond motifs is 3. The summed E-state index contributed by atoms with van der Waals surface area (Å²) in [6.45, 7) is 2.70. The molecule has 5 nitrogen and oxygen atoms in total. The lowest BCUT2D eigenvalue weighted by Gasteiger charge is -2.36. The minimum absolute atomic E-state index is 0.00898. The Morgan fingerprint density at radius 3 is 2.91 bits per heavy atom. The maximum Gasteiger partial charge on any atom is 0.259 e. The molecular formula is C17H18N4O. The molecule has 22 heavy (non-hydrogen) atoms. The molecule has 1 fully saturated rings.